The van der Waals surface area contributed by atoms with Gasteiger partial charge in [0.25, 0.3) is 0 Å². The summed E-state index contributed by atoms with van der Waals surface area (Å²) >= 11 is 0. The van der Waals surface area contributed by atoms with E-state index in [1.54, 1.807) is 17.0 Å². The summed E-state index contributed by atoms with van der Waals surface area (Å²) in [6.45, 7) is 6.92. The Kier molecular flexibility index (Phi) is 13.7. The molecule has 1 aromatic carbocycles. The minimum absolute atomic E-state index is 0.100. The number of aromatic nitrogens is 1. The Labute approximate surface area is 260 Å². The van der Waals surface area contributed by atoms with Crippen LogP contribution in [-0.2, 0) is 30.4 Å². The second kappa shape index (κ2) is 17.4. The first kappa shape index (κ1) is 34.6. The summed E-state index contributed by atoms with van der Waals surface area (Å²) in [6, 6.07) is 4.68. The van der Waals surface area contributed by atoms with E-state index >= 15 is 0 Å². The van der Waals surface area contributed by atoms with Crippen molar-refractivity contribution >= 4 is 40.8 Å². The van der Waals surface area contributed by atoms with Crippen molar-refractivity contribution in [3.05, 3.63) is 36.0 Å². The number of hydrogen-bond acceptors (Lipinski definition) is 6. The molecular weight excluding hydrogens is 562 g/mol. The third-order valence-corrected chi connectivity index (χ3v) is 8.65. The molecule has 1 saturated heterocycles. The highest BCUT2D eigenvalue weighted by Crippen LogP contribution is 2.23. The predicted molar refractivity (Wildman–Crippen MR) is 168 cm³/mol. The van der Waals surface area contributed by atoms with Crippen LogP contribution in [0.3, 0.4) is 0 Å². The quantitative estimate of drug-likeness (QED) is 0.115. The number of likely N-dealkylation sites (tertiary alicyclic amines) is 1. The zero-order valence-corrected chi connectivity index (χ0v) is 26.3. The summed E-state index contributed by atoms with van der Waals surface area (Å²) in [5.74, 6) is -0.510. The van der Waals surface area contributed by atoms with Crippen LogP contribution in [-0.4, -0.2) is 76.0 Å². The number of fused-ring (bicyclic) bond motifs is 1. The van der Waals surface area contributed by atoms with Gasteiger partial charge in [-0.3, -0.25) is 24.0 Å². The second-order valence-corrected chi connectivity index (χ2v) is 11.9. The van der Waals surface area contributed by atoms with Crippen molar-refractivity contribution in [2.24, 2.45) is 5.92 Å². The first-order valence-corrected chi connectivity index (χ1v) is 16.1. The molecule has 0 saturated carbocycles. The maximum atomic E-state index is 14.0. The number of ketones is 1. The Hall–Kier alpha value is -3.89. The molecule has 0 aliphatic carbocycles. The summed E-state index contributed by atoms with van der Waals surface area (Å²) in [4.78, 5) is 65.7. The van der Waals surface area contributed by atoms with Gasteiger partial charge in [-0.15, -0.1) is 0 Å². The van der Waals surface area contributed by atoms with Gasteiger partial charge < -0.3 is 26.1 Å². The van der Waals surface area contributed by atoms with Crippen LogP contribution in [0, 0.1) is 5.92 Å². The molecule has 11 nitrogen and oxygen atoms in total. The maximum Gasteiger partial charge on any atom is 0.245 e. The van der Waals surface area contributed by atoms with Gasteiger partial charge in [0.2, 0.25) is 24.1 Å². The Balaban J connectivity index is 1.78. The van der Waals surface area contributed by atoms with Gasteiger partial charge in [-0.05, 0) is 49.7 Å². The van der Waals surface area contributed by atoms with Gasteiger partial charge in [-0.1, -0.05) is 58.2 Å². The lowest BCUT2D eigenvalue weighted by Crippen LogP contribution is -2.59. The zero-order valence-electron chi connectivity index (χ0n) is 26.3. The Morgan fingerprint density at radius 1 is 1.07 bits per heavy atom. The fraction of sp³-hybridized carbons (Fsp3) is 0.606. The molecule has 1 fully saturated rings. The molecule has 3 rings (SSSR count). The highest BCUT2D eigenvalue weighted by Gasteiger charge is 2.36. The number of amides is 4. The maximum absolute atomic E-state index is 14.0. The standard InChI is InChI=1S/C33H49N5O6/c1-4-23(3)20-34-32(42)30-17-11-12-18-37(30)33(43)27(15-8-6-7-13-25(40)5-2)36-31(41)28(35-22-39)19-24-21-38(44)29-16-10-9-14-26(24)29/h9-10,14,16,21-23,27-28,30,44H,4-8,11-13,15,17-20H2,1-3H3,(H,34,42)(H,35,39)(H,36,41)/t23?,27-,28-,30-/m0/s1. The minimum atomic E-state index is -0.994. The third kappa shape index (κ3) is 9.56. The molecular formula is C33H49N5O6. The van der Waals surface area contributed by atoms with Crippen LogP contribution in [0.1, 0.15) is 90.5 Å². The third-order valence-electron chi connectivity index (χ3n) is 8.65. The van der Waals surface area contributed by atoms with E-state index in [9.17, 15) is 29.2 Å². The molecule has 0 radical (unpaired) electrons. The lowest BCUT2D eigenvalue weighted by Gasteiger charge is -2.37. The number of carbonyl (C=O) groups is 5. The molecule has 1 aliphatic heterocycles. The SMILES string of the molecule is CCC(=O)CCCCC[C@H](NC(=O)[C@H](Cc1cn(O)c2ccccc12)NC=O)C(=O)N1CCCC[C@H]1C(=O)NCC(C)CC. The number of benzene rings is 1. The highest BCUT2D eigenvalue weighted by atomic mass is 16.5. The average Bonchev–Trinajstić information content (AvgIpc) is 3.36. The molecule has 11 heteroatoms. The van der Waals surface area contributed by atoms with E-state index in [1.165, 1.54) is 6.20 Å². The zero-order chi connectivity index (χ0) is 32.1. The van der Waals surface area contributed by atoms with Crippen LogP contribution in [0.15, 0.2) is 30.5 Å². The smallest absolute Gasteiger partial charge is 0.245 e. The molecule has 2 heterocycles. The molecule has 0 bridgehead atoms. The fourth-order valence-corrected chi connectivity index (χ4v) is 5.68. The fourth-order valence-electron chi connectivity index (χ4n) is 5.68. The van der Waals surface area contributed by atoms with Crippen molar-refractivity contribution in [2.75, 3.05) is 13.1 Å². The molecule has 4 N–H and O–H groups in total. The van der Waals surface area contributed by atoms with E-state index in [0.717, 1.165) is 35.8 Å². The average molecular weight is 612 g/mol. The van der Waals surface area contributed by atoms with E-state index in [-0.39, 0.29) is 24.0 Å². The van der Waals surface area contributed by atoms with Crippen LogP contribution in [0.5, 0.6) is 0 Å². The predicted octanol–water partition coefficient (Wildman–Crippen LogP) is 3.49. The van der Waals surface area contributed by atoms with Crippen LogP contribution in [0.25, 0.3) is 10.9 Å². The van der Waals surface area contributed by atoms with E-state index < -0.39 is 24.0 Å². The van der Waals surface area contributed by atoms with Crippen molar-refractivity contribution in [2.45, 2.75) is 110 Å². The number of unbranched alkanes of at least 4 members (excludes halogenated alkanes) is 2. The summed E-state index contributed by atoms with van der Waals surface area (Å²) in [6.07, 6.45) is 8.48. The largest absolute Gasteiger partial charge is 0.428 e. The summed E-state index contributed by atoms with van der Waals surface area (Å²) < 4.78 is 0.985. The molecule has 1 aliphatic rings. The highest BCUT2D eigenvalue weighted by molar-refractivity contribution is 5.94. The molecule has 4 atom stereocenters. The molecule has 1 aromatic heterocycles. The number of carbonyl (C=O) groups excluding carboxylic acids is 5. The first-order valence-electron chi connectivity index (χ1n) is 16.1. The molecule has 1 unspecified atom stereocenters. The van der Waals surface area contributed by atoms with Crippen LogP contribution in [0.2, 0.25) is 0 Å². The van der Waals surface area contributed by atoms with Crippen molar-refractivity contribution < 1.29 is 29.2 Å². The summed E-state index contributed by atoms with van der Waals surface area (Å²) in [7, 11) is 0. The van der Waals surface area contributed by atoms with Crippen LogP contribution >= 0.6 is 0 Å². The minimum Gasteiger partial charge on any atom is -0.428 e. The first-order chi connectivity index (χ1) is 21.2. The van der Waals surface area contributed by atoms with Gasteiger partial charge in [0.1, 0.15) is 23.9 Å². The number of nitrogens with zero attached hydrogens (tertiary/aromatic N) is 2. The van der Waals surface area contributed by atoms with Crippen LogP contribution in [0.4, 0.5) is 0 Å². The van der Waals surface area contributed by atoms with E-state index in [2.05, 4.69) is 29.8 Å². The Morgan fingerprint density at radius 3 is 2.57 bits per heavy atom. The van der Waals surface area contributed by atoms with Gasteiger partial charge in [0.15, 0.2) is 0 Å². The molecule has 0 spiro atoms. The van der Waals surface area contributed by atoms with Gasteiger partial charge >= 0.3 is 0 Å². The van der Waals surface area contributed by atoms with Crippen LogP contribution < -0.4 is 16.0 Å². The van der Waals surface area contributed by atoms with E-state index in [0.29, 0.717) is 75.0 Å². The summed E-state index contributed by atoms with van der Waals surface area (Å²) in [5, 5.41) is 19.5. The number of piperidine rings is 1. The van der Waals surface area contributed by atoms with Crippen molar-refractivity contribution in [1.29, 1.82) is 0 Å². The topological polar surface area (TPSA) is 150 Å². The van der Waals surface area contributed by atoms with Crippen molar-refractivity contribution in [3.63, 3.8) is 0 Å². The molecule has 2 aromatic rings. The van der Waals surface area contributed by atoms with Crippen molar-refractivity contribution in [1.82, 2.24) is 25.6 Å². The normalized spacial score (nSPS) is 17.0. The van der Waals surface area contributed by atoms with Gasteiger partial charge in [-0.25, -0.2) is 0 Å². The lowest BCUT2D eigenvalue weighted by atomic mass is 9.97. The van der Waals surface area contributed by atoms with E-state index in [4.69, 9.17) is 0 Å². The van der Waals surface area contributed by atoms with E-state index in [1.807, 2.05) is 19.1 Å². The number of para-hydroxylation sites is 1. The number of Topliss-reactive ketones (excluding diaryl/α,β-unsaturated/α-hetero) is 1. The second-order valence-electron chi connectivity index (χ2n) is 11.9. The monoisotopic (exact) mass is 611 g/mol. The molecule has 44 heavy (non-hydrogen) atoms. The number of hydrogen-bond donors (Lipinski definition) is 4. The van der Waals surface area contributed by atoms with Gasteiger partial charge in [-0.2, -0.15) is 4.73 Å². The molecule has 4 amide bonds. The van der Waals surface area contributed by atoms with Crippen molar-refractivity contribution in [3.8, 4) is 0 Å². The Bertz CT molecular complexity index is 1280. The Morgan fingerprint density at radius 2 is 1.84 bits per heavy atom. The molecule has 242 valence electrons. The lowest BCUT2D eigenvalue weighted by molar-refractivity contribution is -0.145. The van der Waals surface area contributed by atoms with Gasteiger partial charge in [0, 0.05) is 43.9 Å². The van der Waals surface area contributed by atoms with Gasteiger partial charge in [0.05, 0.1) is 5.52 Å². The number of rotatable bonds is 18. The number of nitrogens with one attached hydrogen (secondary N) is 3. The summed E-state index contributed by atoms with van der Waals surface area (Å²) in [5.41, 5.74) is 1.24.